The van der Waals surface area contributed by atoms with E-state index in [9.17, 15) is 0 Å². The first-order valence-electron chi connectivity index (χ1n) is 15.7. The van der Waals surface area contributed by atoms with E-state index in [1.807, 2.05) is 36.4 Å². The van der Waals surface area contributed by atoms with Crippen molar-refractivity contribution in [1.82, 2.24) is 15.0 Å². The summed E-state index contributed by atoms with van der Waals surface area (Å²) in [5, 5.41) is 5.11. The van der Waals surface area contributed by atoms with Crippen LogP contribution in [-0.2, 0) is 0 Å². The quantitative estimate of drug-likeness (QED) is 0.172. The average molecular weight is 665 g/mol. The number of nitrogens with zero attached hydrogens (tertiary/aromatic N) is 3. The number of rotatable bonds is 5. The van der Waals surface area contributed by atoms with Crippen LogP contribution < -0.4 is 0 Å². The first-order chi connectivity index (χ1) is 23.3. The molecule has 220 valence electrons. The predicted molar refractivity (Wildman–Crippen MR) is 196 cm³/mol. The van der Waals surface area contributed by atoms with Crippen LogP contribution in [0.3, 0.4) is 0 Å². The summed E-state index contributed by atoms with van der Waals surface area (Å²) in [5.74, 6) is 2.07. The standard InChI is InChI=1S/C43H27N3Se/c1-4-14-28(15-5-1)31-26-27-34(33-21-11-10-20-32(31)33)35-22-12-23-36-37-24-13-25-38(40(37)47-39(35)36)43-45-41(29-16-6-2-7-17-29)44-42(46-43)30-18-8-3-9-19-30/h1-27H. The summed E-state index contributed by atoms with van der Waals surface area (Å²) in [7, 11) is 0. The third-order valence-corrected chi connectivity index (χ3v) is 11.5. The molecule has 0 atom stereocenters. The molecule has 9 rings (SSSR count). The molecule has 0 radical (unpaired) electrons. The van der Waals surface area contributed by atoms with E-state index in [0.717, 1.165) is 16.7 Å². The average Bonchev–Trinajstić information content (AvgIpc) is 3.55. The van der Waals surface area contributed by atoms with E-state index in [1.54, 1.807) is 0 Å². The maximum absolute atomic E-state index is 5.09. The van der Waals surface area contributed by atoms with Gasteiger partial charge >= 0.3 is 280 Å². The Kier molecular flexibility index (Phi) is 6.82. The summed E-state index contributed by atoms with van der Waals surface area (Å²) in [6, 6.07) is 57.8. The van der Waals surface area contributed by atoms with Gasteiger partial charge in [0.25, 0.3) is 0 Å². The van der Waals surface area contributed by atoms with E-state index in [2.05, 4.69) is 127 Å². The summed E-state index contributed by atoms with van der Waals surface area (Å²) in [6.45, 7) is 0. The molecule has 0 bridgehead atoms. The van der Waals surface area contributed by atoms with E-state index in [-0.39, 0.29) is 14.5 Å². The SMILES string of the molecule is c1ccc(-c2nc(-c3ccccc3)nc(-c3cccc4c3[se]c3c(-c5ccc(-c6ccccc6)c6ccccc56)cccc34)n2)cc1. The van der Waals surface area contributed by atoms with E-state index < -0.39 is 0 Å². The minimum absolute atomic E-state index is 0.0451. The molecule has 0 aliphatic rings. The molecule has 47 heavy (non-hydrogen) atoms. The number of benzene rings is 7. The van der Waals surface area contributed by atoms with Gasteiger partial charge in [0.1, 0.15) is 0 Å². The Morgan fingerprint density at radius 3 is 1.30 bits per heavy atom. The zero-order chi connectivity index (χ0) is 31.2. The second-order valence-electron chi connectivity index (χ2n) is 11.6. The van der Waals surface area contributed by atoms with Crippen LogP contribution in [-0.4, -0.2) is 29.5 Å². The molecule has 0 aliphatic carbocycles. The molecule has 0 spiro atoms. The van der Waals surface area contributed by atoms with Crippen molar-refractivity contribution in [3.8, 4) is 56.4 Å². The van der Waals surface area contributed by atoms with Crippen LogP contribution in [0.4, 0.5) is 0 Å². The van der Waals surface area contributed by atoms with Crippen molar-refractivity contribution in [2.24, 2.45) is 0 Å². The molecule has 0 unspecified atom stereocenters. The van der Waals surface area contributed by atoms with Gasteiger partial charge in [0.15, 0.2) is 0 Å². The fraction of sp³-hybridized carbons (Fsp3) is 0. The number of hydrogen-bond donors (Lipinski definition) is 0. The third kappa shape index (κ3) is 4.87. The summed E-state index contributed by atoms with van der Waals surface area (Å²) >= 11 is 0.0451. The molecule has 2 heterocycles. The van der Waals surface area contributed by atoms with Gasteiger partial charge in [-0.05, 0) is 0 Å². The first-order valence-corrected chi connectivity index (χ1v) is 17.4. The Hall–Kier alpha value is -5.67. The van der Waals surface area contributed by atoms with Crippen LogP contribution in [0, 0.1) is 0 Å². The van der Waals surface area contributed by atoms with Crippen LogP contribution in [0.15, 0.2) is 164 Å². The monoisotopic (exact) mass is 665 g/mol. The summed E-state index contributed by atoms with van der Waals surface area (Å²) in [4.78, 5) is 15.1. The fourth-order valence-electron chi connectivity index (χ4n) is 6.54. The second kappa shape index (κ2) is 11.6. The van der Waals surface area contributed by atoms with Crippen molar-refractivity contribution >= 4 is 44.6 Å². The van der Waals surface area contributed by atoms with Crippen molar-refractivity contribution in [2.45, 2.75) is 0 Å². The van der Waals surface area contributed by atoms with Crippen molar-refractivity contribution in [3.63, 3.8) is 0 Å². The normalized spacial score (nSPS) is 11.4. The van der Waals surface area contributed by atoms with Crippen molar-refractivity contribution in [1.29, 1.82) is 0 Å². The molecule has 0 amide bonds. The van der Waals surface area contributed by atoms with E-state index in [4.69, 9.17) is 15.0 Å². The number of aromatic nitrogens is 3. The zero-order valence-corrected chi connectivity index (χ0v) is 27.1. The molecule has 4 heteroatoms. The Morgan fingerprint density at radius 1 is 0.277 bits per heavy atom. The molecular formula is C43H27N3Se. The maximum atomic E-state index is 5.09. The molecule has 3 nitrogen and oxygen atoms in total. The predicted octanol–water partition coefficient (Wildman–Crippen LogP) is 10.7. The molecule has 0 aliphatic heterocycles. The fourth-order valence-corrected chi connectivity index (χ4v) is 9.35. The van der Waals surface area contributed by atoms with E-state index in [0.29, 0.717) is 17.5 Å². The van der Waals surface area contributed by atoms with Crippen molar-refractivity contribution < 1.29 is 0 Å². The molecular weight excluding hydrogens is 637 g/mol. The summed E-state index contributed by atoms with van der Waals surface area (Å²) in [5.41, 5.74) is 8.08. The molecule has 0 saturated carbocycles. The molecule has 0 fully saturated rings. The molecule has 2 aromatic heterocycles. The number of hydrogen-bond acceptors (Lipinski definition) is 3. The van der Waals surface area contributed by atoms with Crippen LogP contribution >= 0.6 is 0 Å². The second-order valence-corrected chi connectivity index (χ2v) is 13.7. The van der Waals surface area contributed by atoms with Gasteiger partial charge in [-0.1, -0.05) is 0 Å². The van der Waals surface area contributed by atoms with E-state index >= 15 is 0 Å². The topological polar surface area (TPSA) is 38.7 Å². The van der Waals surface area contributed by atoms with Crippen molar-refractivity contribution in [3.05, 3.63) is 164 Å². The van der Waals surface area contributed by atoms with Gasteiger partial charge in [0.05, 0.1) is 0 Å². The van der Waals surface area contributed by atoms with Gasteiger partial charge in [-0.25, -0.2) is 0 Å². The Morgan fingerprint density at radius 2 is 0.702 bits per heavy atom. The van der Waals surface area contributed by atoms with Crippen LogP contribution in [0.2, 0.25) is 0 Å². The van der Waals surface area contributed by atoms with Crippen LogP contribution in [0.25, 0.3) is 86.5 Å². The van der Waals surface area contributed by atoms with Crippen molar-refractivity contribution in [2.75, 3.05) is 0 Å². The molecule has 0 saturated heterocycles. The van der Waals surface area contributed by atoms with Gasteiger partial charge in [0.2, 0.25) is 0 Å². The molecule has 9 aromatic rings. The Bertz CT molecular complexity index is 2500. The Balaban J connectivity index is 1.26. The summed E-state index contributed by atoms with van der Waals surface area (Å²) in [6.07, 6.45) is 0. The minimum atomic E-state index is 0.0451. The molecule has 7 aromatic carbocycles. The Labute approximate surface area is 278 Å². The van der Waals surface area contributed by atoms with E-state index in [1.165, 1.54) is 52.3 Å². The van der Waals surface area contributed by atoms with Gasteiger partial charge < -0.3 is 0 Å². The van der Waals surface area contributed by atoms with Crippen LogP contribution in [0.1, 0.15) is 0 Å². The van der Waals surface area contributed by atoms with Gasteiger partial charge in [-0.2, -0.15) is 0 Å². The number of fused-ring (bicyclic) bond motifs is 4. The zero-order valence-electron chi connectivity index (χ0n) is 25.3. The van der Waals surface area contributed by atoms with Crippen LogP contribution in [0.5, 0.6) is 0 Å². The van der Waals surface area contributed by atoms with Gasteiger partial charge in [-0.3, -0.25) is 0 Å². The van der Waals surface area contributed by atoms with Gasteiger partial charge in [0, 0.05) is 0 Å². The first kappa shape index (κ1) is 27.6. The molecule has 0 N–H and O–H groups in total. The summed E-state index contributed by atoms with van der Waals surface area (Å²) < 4.78 is 2.72. The van der Waals surface area contributed by atoms with Gasteiger partial charge in [-0.15, -0.1) is 0 Å². The third-order valence-electron chi connectivity index (χ3n) is 8.76.